The predicted molar refractivity (Wildman–Crippen MR) is 78.3 cm³/mol. The fourth-order valence-corrected chi connectivity index (χ4v) is 2.52. The van der Waals surface area contributed by atoms with Crippen LogP contribution in [-0.4, -0.2) is 14.8 Å². The van der Waals surface area contributed by atoms with E-state index in [2.05, 4.69) is 55.8 Å². The second kappa shape index (κ2) is 5.50. The quantitative estimate of drug-likeness (QED) is 0.896. The topological polar surface area (TPSA) is 56.7 Å². The molecule has 4 nitrogen and oxygen atoms in total. The van der Waals surface area contributed by atoms with Crippen LogP contribution in [0.3, 0.4) is 0 Å². The normalized spacial score (nSPS) is 13.0. The molecule has 0 aliphatic heterocycles. The Bertz CT molecular complexity index is 534. The summed E-state index contributed by atoms with van der Waals surface area (Å²) in [4.78, 5) is 4.34. The van der Waals surface area contributed by atoms with Crippen molar-refractivity contribution < 1.29 is 0 Å². The van der Waals surface area contributed by atoms with Crippen LogP contribution in [0.5, 0.6) is 0 Å². The van der Waals surface area contributed by atoms with Crippen LogP contribution >= 0.6 is 31.9 Å². The van der Waals surface area contributed by atoms with E-state index < -0.39 is 0 Å². The molecule has 96 valence electrons. The fraction of sp³-hybridized carbons (Fsp3) is 0.333. The van der Waals surface area contributed by atoms with Gasteiger partial charge < -0.3 is 5.73 Å². The molecule has 0 saturated carbocycles. The van der Waals surface area contributed by atoms with Crippen molar-refractivity contribution >= 4 is 31.9 Å². The lowest BCUT2D eigenvalue weighted by Crippen LogP contribution is -2.20. The number of hydrogen-bond acceptors (Lipinski definition) is 3. The molecule has 1 unspecified atom stereocenters. The summed E-state index contributed by atoms with van der Waals surface area (Å²) in [5.74, 6) is 0. The standard InChI is InChI=1S/C12H14Br2N4/c1-7(2)18-12(9(14)6-17-18)11(15)10-4-3-8(13)5-16-10/h3-7,11H,15H2,1-2H3. The summed E-state index contributed by atoms with van der Waals surface area (Å²) in [6, 6.07) is 3.82. The van der Waals surface area contributed by atoms with E-state index in [4.69, 9.17) is 5.73 Å². The van der Waals surface area contributed by atoms with Gasteiger partial charge in [-0.1, -0.05) is 0 Å². The van der Waals surface area contributed by atoms with Crippen LogP contribution in [0, 0.1) is 0 Å². The van der Waals surface area contributed by atoms with Gasteiger partial charge in [0, 0.05) is 16.7 Å². The average molecular weight is 374 g/mol. The van der Waals surface area contributed by atoms with Crippen LogP contribution < -0.4 is 5.73 Å². The van der Waals surface area contributed by atoms with Gasteiger partial charge in [-0.3, -0.25) is 9.67 Å². The third kappa shape index (κ3) is 2.65. The number of halogens is 2. The Morgan fingerprint density at radius 2 is 1.94 bits per heavy atom. The molecule has 0 amide bonds. The molecule has 2 N–H and O–H groups in total. The monoisotopic (exact) mass is 372 g/mol. The number of nitrogens with two attached hydrogens (primary N) is 1. The van der Waals surface area contributed by atoms with Crippen molar-refractivity contribution in [1.29, 1.82) is 0 Å². The smallest absolute Gasteiger partial charge is 0.0908 e. The summed E-state index contributed by atoms with van der Waals surface area (Å²) >= 11 is 6.86. The number of aromatic nitrogens is 3. The van der Waals surface area contributed by atoms with Gasteiger partial charge in [-0.2, -0.15) is 5.10 Å². The molecule has 2 aromatic heterocycles. The van der Waals surface area contributed by atoms with Crippen molar-refractivity contribution in [1.82, 2.24) is 14.8 Å². The van der Waals surface area contributed by atoms with Crippen LogP contribution in [0.1, 0.15) is 37.3 Å². The van der Waals surface area contributed by atoms with E-state index in [9.17, 15) is 0 Å². The summed E-state index contributed by atoms with van der Waals surface area (Å²) in [7, 11) is 0. The Hall–Kier alpha value is -0.720. The Kier molecular flexibility index (Phi) is 4.19. The first-order valence-corrected chi connectivity index (χ1v) is 7.19. The summed E-state index contributed by atoms with van der Waals surface area (Å²) in [5.41, 5.74) is 8.05. The fourth-order valence-electron chi connectivity index (χ4n) is 1.76. The molecule has 0 spiro atoms. The highest BCUT2D eigenvalue weighted by atomic mass is 79.9. The highest BCUT2D eigenvalue weighted by molar-refractivity contribution is 9.10. The van der Waals surface area contributed by atoms with E-state index in [1.807, 2.05) is 16.8 Å². The Morgan fingerprint density at radius 1 is 1.22 bits per heavy atom. The van der Waals surface area contributed by atoms with Gasteiger partial charge in [0.15, 0.2) is 0 Å². The number of rotatable bonds is 3. The van der Waals surface area contributed by atoms with Crippen molar-refractivity contribution in [2.45, 2.75) is 25.9 Å². The SMILES string of the molecule is CC(C)n1ncc(Br)c1C(N)c1ccc(Br)cn1. The lowest BCUT2D eigenvalue weighted by molar-refractivity contribution is 0.497. The first-order chi connectivity index (χ1) is 8.50. The highest BCUT2D eigenvalue weighted by Gasteiger charge is 2.20. The number of hydrogen-bond donors (Lipinski definition) is 1. The molecule has 2 aromatic rings. The van der Waals surface area contributed by atoms with Crippen molar-refractivity contribution in [2.24, 2.45) is 5.73 Å². The Morgan fingerprint density at radius 3 is 2.50 bits per heavy atom. The van der Waals surface area contributed by atoms with Crippen LogP contribution in [-0.2, 0) is 0 Å². The molecule has 0 aromatic carbocycles. The van der Waals surface area contributed by atoms with Crippen molar-refractivity contribution in [3.8, 4) is 0 Å². The van der Waals surface area contributed by atoms with Gasteiger partial charge in [-0.05, 0) is 57.8 Å². The Labute approximate surface area is 123 Å². The third-order valence-corrected chi connectivity index (χ3v) is 3.72. The van der Waals surface area contributed by atoms with Crippen LogP contribution in [0.15, 0.2) is 33.5 Å². The molecule has 0 fully saturated rings. The molecule has 1 atom stereocenters. The van der Waals surface area contributed by atoms with E-state index in [1.165, 1.54) is 0 Å². The Balaban J connectivity index is 2.42. The summed E-state index contributed by atoms with van der Waals surface area (Å²) in [6.45, 7) is 4.15. The van der Waals surface area contributed by atoms with Gasteiger partial charge in [0.25, 0.3) is 0 Å². The molecule has 2 rings (SSSR count). The van der Waals surface area contributed by atoms with Gasteiger partial charge >= 0.3 is 0 Å². The lowest BCUT2D eigenvalue weighted by Gasteiger charge is -2.17. The maximum absolute atomic E-state index is 6.28. The molecular weight excluding hydrogens is 360 g/mol. The first kappa shape index (κ1) is 13.7. The highest BCUT2D eigenvalue weighted by Crippen LogP contribution is 2.28. The van der Waals surface area contributed by atoms with Crippen LogP contribution in [0.2, 0.25) is 0 Å². The van der Waals surface area contributed by atoms with Gasteiger partial charge in [0.1, 0.15) is 0 Å². The minimum absolute atomic E-state index is 0.257. The molecular formula is C12H14Br2N4. The van der Waals surface area contributed by atoms with E-state index in [0.717, 1.165) is 20.3 Å². The zero-order chi connectivity index (χ0) is 13.3. The summed E-state index contributed by atoms with van der Waals surface area (Å²) < 4.78 is 3.77. The maximum atomic E-state index is 6.28. The molecule has 6 heteroatoms. The molecule has 0 aliphatic rings. The van der Waals surface area contributed by atoms with E-state index in [-0.39, 0.29) is 12.1 Å². The number of pyridine rings is 1. The molecule has 0 bridgehead atoms. The van der Waals surface area contributed by atoms with Crippen molar-refractivity contribution in [3.63, 3.8) is 0 Å². The van der Waals surface area contributed by atoms with E-state index in [1.54, 1.807) is 12.4 Å². The average Bonchev–Trinajstić information content (AvgIpc) is 2.71. The second-order valence-electron chi connectivity index (χ2n) is 4.30. The molecule has 18 heavy (non-hydrogen) atoms. The number of nitrogens with zero attached hydrogens (tertiary/aromatic N) is 3. The van der Waals surface area contributed by atoms with E-state index >= 15 is 0 Å². The van der Waals surface area contributed by atoms with Gasteiger partial charge in [0.2, 0.25) is 0 Å². The lowest BCUT2D eigenvalue weighted by atomic mass is 10.1. The van der Waals surface area contributed by atoms with Gasteiger partial charge in [-0.15, -0.1) is 0 Å². The molecule has 0 saturated heterocycles. The zero-order valence-corrected chi connectivity index (χ0v) is 13.3. The van der Waals surface area contributed by atoms with Crippen LogP contribution in [0.4, 0.5) is 0 Å². The predicted octanol–water partition coefficient (Wildman–Crippen LogP) is 3.43. The van der Waals surface area contributed by atoms with Gasteiger partial charge in [-0.25, -0.2) is 0 Å². The van der Waals surface area contributed by atoms with E-state index in [0.29, 0.717) is 0 Å². The first-order valence-electron chi connectivity index (χ1n) is 5.60. The summed E-state index contributed by atoms with van der Waals surface area (Å²) in [6.07, 6.45) is 3.52. The molecule has 0 aliphatic carbocycles. The minimum atomic E-state index is -0.294. The minimum Gasteiger partial charge on any atom is -0.318 e. The summed E-state index contributed by atoms with van der Waals surface area (Å²) in [5, 5.41) is 4.33. The second-order valence-corrected chi connectivity index (χ2v) is 6.07. The molecule has 2 heterocycles. The molecule has 0 radical (unpaired) electrons. The third-order valence-electron chi connectivity index (χ3n) is 2.64. The van der Waals surface area contributed by atoms with Crippen LogP contribution in [0.25, 0.3) is 0 Å². The maximum Gasteiger partial charge on any atom is 0.0908 e. The van der Waals surface area contributed by atoms with Crippen molar-refractivity contribution in [3.05, 3.63) is 44.9 Å². The van der Waals surface area contributed by atoms with Gasteiger partial charge in [0.05, 0.1) is 28.1 Å². The zero-order valence-electron chi connectivity index (χ0n) is 10.1. The largest absolute Gasteiger partial charge is 0.318 e. The van der Waals surface area contributed by atoms with Crippen molar-refractivity contribution in [2.75, 3.05) is 0 Å².